The van der Waals surface area contributed by atoms with Gasteiger partial charge in [0.1, 0.15) is 23.7 Å². The highest BCUT2D eigenvalue weighted by atomic mass is 16.2. The van der Waals surface area contributed by atoms with Crippen LogP contribution >= 0.6 is 0 Å². The van der Waals surface area contributed by atoms with Crippen LogP contribution < -0.4 is 10.6 Å². The molecule has 2 fully saturated rings. The number of hydrogen-bond acceptors (Lipinski definition) is 7. The van der Waals surface area contributed by atoms with Crippen molar-refractivity contribution in [2.45, 2.75) is 63.7 Å². The van der Waals surface area contributed by atoms with Gasteiger partial charge >= 0.3 is 0 Å². The van der Waals surface area contributed by atoms with Crippen molar-refractivity contribution in [1.29, 1.82) is 0 Å². The summed E-state index contributed by atoms with van der Waals surface area (Å²) in [5.41, 5.74) is 6.70. The second kappa shape index (κ2) is 16.7. The van der Waals surface area contributed by atoms with Gasteiger partial charge in [-0.15, -0.1) is 0 Å². The van der Waals surface area contributed by atoms with Gasteiger partial charge in [0.2, 0.25) is 23.6 Å². The lowest BCUT2D eigenvalue weighted by Crippen LogP contribution is -2.42. The van der Waals surface area contributed by atoms with Gasteiger partial charge in [-0.05, 0) is 54.5 Å². The van der Waals surface area contributed by atoms with Crippen LogP contribution in [0.3, 0.4) is 0 Å². The van der Waals surface area contributed by atoms with Crippen molar-refractivity contribution in [3.63, 3.8) is 0 Å². The van der Waals surface area contributed by atoms with E-state index in [2.05, 4.69) is 25.6 Å². The van der Waals surface area contributed by atoms with E-state index in [0.29, 0.717) is 24.7 Å². The van der Waals surface area contributed by atoms with Crippen LogP contribution in [0.4, 0.5) is 0 Å². The number of H-pyrrole nitrogens is 2. The zero-order chi connectivity index (χ0) is 40.2. The number of rotatable bonds is 11. The first-order chi connectivity index (χ1) is 28.2. The summed E-state index contributed by atoms with van der Waals surface area (Å²) in [7, 11) is 0. The summed E-state index contributed by atoms with van der Waals surface area (Å²) >= 11 is 0. The minimum absolute atomic E-state index is 0.151. The molecule has 13 heteroatoms. The highest BCUT2D eigenvalue weighted by Crippen LogP contribution is 2.36. The van der Waals surface area contributed by atoms with Crippen molar-refractivity contribution in [1.82, 2.24) is 45.4 Å². The van der Waals surface area contributed by atoms with Gasteiger partial charge in [0.15, 0.2) is 0 Å². The largest absolute Gasteiger partial charge is 0.341 e. The van der Waals surface area contributed by atoms with Crippen LogP contribution in [0.25, 0.3) is 33.8 Å². The molecular formula is C45H45N9O4. The lowest BCUT2D eigenvalue weighted by molar-refractivity contribution is -0.137. The lowest BCUT2D eigenvalue weighted by atomic mass is 10.0. The molecule has 13 nitrogen and oxygen atoms in total. The molecule has 4 amide bonds. The van der Waals surface area contributed by atoms with E-state index in [0.717, 1.165) is 70.6 Å². The molecule has 58 heavy (non-hydrogen) atoms. The highest BCUT2D eigenvalue weighted by Gasteiger charge is 2.38. The Morgan fingerprint density at radius 2 is 1.02 bits per heavy atom. The van der Waals surface area contributed by atoms with E-state index >= 15 is 0 Å². The minimum atomic E-state index is -0.770. The van der Waals surface area contributed by atoms with Gasteiger partial charge in [-0.1, -0.05) is 84.9 Å². The molecule has 8 rings (SSSR count). The molecule has 2 aliphatic rings. The molecular weight excluding hydrogens is 731 g/mol. The molecule has 4 N–H and O–H groups in total. The maximum Gasteiger partial charge on any atom is 0.250 e. The molecule has 3 aromatic heterocycles. The molecule has 2 aliphatic heterocycles. The van der Waals surface area contributed by atoms with Crippen LogP contribution in [0.2, 0.25) is 0 Å². The third kappa shape index (κ3) is 8.01. The third-order valence-electron chi connectivity index (χ3n) is 10.9. The average molecular weight is 776 g/mol. The second-order valence-electron chi connectivity index (χ2n) is 14.8. The standard InChI is InChI=1S/C45H45N9O4/c1-28(55)49-40(32-11-5-3-6-12-32)44(57)53-23-9-15-38(53)42-47-26-36(51-42)31-19-17-30(18-20-31)35-22-21-34(25-46-35)37-27-48-43(52-37)39-16-10-24-54(39)45(58)41(50-29(2)56)33-13-7-4-8-14-33/h3-8,11-14,17-22,25-27,38-41H,9-10,15-16,23-24H2,1-2H3,(H,47,51)(H,48,52)(H,49,55)(H,50,56)/t38-,39-,40+,41?/m0/s1. The Morgan fingerprint density at radius 1 is 0.569 bits per heavy atom. The maximum atomic E-state index is 13.8. The van der Waals surface area contributed by atoms with E-state index in [4.69, 9.17) is 9.97 Å². The number of benzene rings is 3. The van der Waals surface area contributed by atoms with Gasteiger partial charge in [0, 0.05) is 44.3 Å². The van der Waals surface area contributed by atoms with E-state index in [1.165, 1.54) is 13.8 Å². The fraction of sp³-hybridized carbons (Fsp3) is 0.267. The van der Waals surface area contributed by atoms with Crippen molar-refractivity contribution < 1.29 is 19.2 Å². The van der Waals surface area contributed by atoms with Crippen molar-refractivity contribution in [2.24, 2.45) is 0 Å². The van der Waals surface area contributed by atoms with E-state index < -0.39 is 12.1 Å². The van der Waals surface area contributed by atoms with Crippen LogP contribution in [0.5, 0.6) is 0 Å². The van der Waals surface area contributed by atoms with Gasteiger partial charge < -0.3 is 30.4 Å². The number of pyridine rings is 1. The van der Waals surface area contributed by atoms with Crippen molar-refractivity contribution in [3.8, 4) is 33.8 Å². The van der Waals surface area contributed by atoms with Crippen LogP contribution in [0.15, 0.2) is 116 Å². The molecule has 4 atom stereocenters. The molecule has 0 radical (unpaired) electrons. The van der Waals surface area contributed by atoms with Crippen LogP contribution in [0, 0.1) is 0 Å². The fourth-order valence-electron chi connectivity index (χ4n) is 8.08. The first-order valence-electron chi connectivity index (χ1n) is 19.7. The normalized spacial score (nSPS) is 17.5. The van der Waals surface area contributed by atoms with Crippen molar-refractivity contribution in [2.75, 3.05) is 13.1 Å². The Hall–Kier alpha value is -6.89. The summed E-state index contributed by atoms with van der Waals surface area (Å²) in [6.07, 6.45) is 8.59. The number of nitrogens with one attached hydrogen (secondary N) is 4. The number of amides is 4. The Bertz CT molecular complexity index is 2220. The minimum Gasteiger partial charge on any atom is -0.341 e. The van der Waals surface area contributed by atoms with Gasteiger partial charge in [-0.3, -0.25) is 24.2 Å². The van der Waals surface area contributed by atoms with Gasteiger partial charge in [0.05, 0.1) is 41.6 Å². The Labute approximate surface area is 336 Å². The Balaban J connectivity index is 0.929. The predicted molar refractivity (Wildman–Crippen MR) is 218 cm³/mol. The van der Waals surface area contributed by atoms with Crippen molar-refractivity contribution >= 4 is 23.6 Å². The predicted octanol–water partition coefficient (Wildman–Crippen LogP) is 6.61. The third-order valence-corrected chi connectivity index (χ3v) is 10.9. The number of likely N-dealkylation sites (tertiary alicyclic amines) is 2. The summed E-state index contributed by atoms with van der Waals surface area (Å²) < 4.78 is 0. The molecule has 3 aromatic carbocycles. The SMILES string of the molecule is CC(=O)NC(C(=O)N1CCC[C@H]1c1ncc(-c2ccc(-c3ccc(-c4cnc([C@@H]5CCCN5C(=O)[C@H](NC(C)=O)c5ccccc5)[nH]4)cc3)nc2)[nH]1)c1ccccc1. The summed E-state index contributed by atoms with van der Waals surface area (Å²) in [4.78, 5) is 76.4. The van der Waals surface area contributed by atoms with Gasteiger partial charge in [0.25, 0.3) is 0 Å². The zero-order valence-electron chi connectivity index (χ0n) is 32.4. The number of nitrogens with zero attached hydrogens (tertiary/aromatic N) is 5. The van der Waals surface area contributed by atoms with Gasteiger partial charge in [-0.25, -0.2) is 9.97 Å². The van der Waals surface area contributed by atoms with E-state index in [9.17, 15) is 19.2 Å². The molecule has 0 bridgehead atoms. The van der Waals surface area contributed by atoms with E-state index in [-0.39, 0.29) is 35.7 Å². The number of carbonyl (C=O) groups is 4. The molecule has 1 unspecified atom stereocenters. The fourth-order valence-corrected chi connectivity index (χ4v) is 8.08. The molecule has 6 aromatic rings. The highest BCUT2D eigenvalue weighted by molar-refractivity contribution is 5.89. The van der Waals surface area contributed by atoms with Crippen LogP contribution in [-0.4, -0.2) is 71.4 Å². The summed E-state index contributed by atoms with van der Waals surface area (Å²) in [6.45, 7) is 4.01. The second-order valence-corrected chi connectivity index (χ2v) is 14.8. The molecule has 294 valence electrons. The number of aromatic nitrogens is 5. The number of carbonyl (C=O) groups excluding carboxylic acids is 4. The molecule has 0 aliphatic carbocycles. The van der Waals surface area contributed by atoms with Crippen LogP contribution in [0.1, 0.15) is 86.5 Å². The first-order valence-corrected chi connectivity index (χ1v) is 19.7. The van der Waals surface area contributed by atoms with E-state index in [1.807, 2.05) is 113 Å². The molecule has 2 saturated heterocycles. The monoisotopic (exact) mass is 775 g/mol. The zero-order valence-corrected chi connectivity index (χ0v) is 32.4. The van der Waals surface area contributed by atoms with Crippen molar-refractivity contribution in [3.05, 3.63) is 138 Å². The Morgan fingerprint density at radius 3 is 1.47 bits per heavy atom. The number of aromatic amines is 2. The average Bonchev–Trinajstić information content (AvgIpc) is 4.09. The molecule has 0 spiro atoms. The summed E-state index contributed by atoms with van der Waals surface area (Å²) in [5.74, 6) is 0.579. The maximum absolute atomic E-state index is 13.8. The summed E-state index contributed by atoms with van der Waals surface area (Å²) in [6, 6.07) is 28.7. The lowest BCUT2D eigenvalue weighted by Gasteiger charge is -2.28. The first kappa shape index (κ1) is 38.0. The number of imidazole rings is 2. The van der Waals surface area contributed by atoms with Crippen LogP contribution in [-0.2, 0) is 19.2 Å². The smallest absolute Gasteiger partial charge is 0.250 e. The van der Waals surface area contributed by atoms with E-state index in [1.54, 1.807) is 12.4 Å². The quantitative estimate of drug-likeness (QED) is 0.115. The Kier molecular flexibility index (Phi) is 10.9. The molecule has 0 saturated carbocycles. The number of hydrogen-bond donors (Lipinski definition) is 4. The van der Waals surface area contributed by atoms with Gasteiger partial charge in [-0.2, -0.15) is 0 Å². The summed E-state index contributed by atoms with van der Waals surface area (Å²) in [5, 5.41) is 5.68. The topological polar surface area (TPSA) is 169 Å². The molecule has 5 heterocycles.